The van der Waals surface area contributed by atoms with Crippen LogP contribution in [-0.2, 0) is 4.79 Å². The molecule has 4 aromatic rings. The standard InChI is InChI=1S/C25H24FN5O4/c1-15-12-17(5-6-18(15)25(34)30(2)10-8-22(32)33)29-23-24-28-14-20(31(24)11-9-27-23)16-4-7-21(35-3)19(26)13-16/h4-7,9,11-14H,8,10H2,1-3H3,(H,27,29)(H,32,33). The number of carbonyl (C=O) groups is 2. The molecule has 0 saturated carbocycles. The topological polar surface area (TPSA) is 109 Å². The van der Waals surface area contributed by atoms with Crippen molar-refractivity contribution in [2.45, 2.75) is 13.3 Å². The number of benzene rings is 2. The van der Waals surface area contributed by atoms with Gasteiger partial charge in [0.1, 0.15) is 0 Å². The first kappa shape index (κ1) is 23.7. The predicted octanol–water partition coefficient (Wildman–Crippen LogP) is 4.14. The summed E-state index contributed by atoms with van der Waals surface area (Å²) in [6, 6.07) is 9.96. The average molecular weight is 477 g/mol. The number of ether oxygens (including phenoxy) is 1. The minimum absolute atomic E-state index is 0.119. The fourth-order valence-electron chi connectivity index (χ4n) is 3.74. The second-order valence-electron chi connectivity index (χ2n) is 7.99. The van der Waals surface area contributed by atoms with Crippen LogP contribution in [0.3, 0.4) is 0 Å². The van der Waals surface area contributed by atoms with Crippen LogP contribution in [0.1, 0.15) is 22.3 Å². The van der Waals surface area contributed by atoms with Crippen LogP contribution in [0.5, 0.6) is 5.75 Å². The third-order valence-electron chi connectivity index (χ3n) is 5.60. The molecule has 0 aliphatic heterocycles. The molecule has 0 fully saturated rings. The lowest BCUT2D eigenvalue weighted by Crippen LogP contribution is -2.29. The van der Waals surface area contributed by atoms with Gasteiger partial charge in [0, 0.05) is 42.8 Å². The number of hydrogen-bond donors (Lipinski definition) is 2. The summed E-state index contributed by atoms with van der Waals surface area (Å²) in [5, 5.41) is 12.1. The first-order chi connectivity index (χ1) is 16.8. The lowest BCUT2D eigenvalue weighted by molar-refractivity contribution is -0.137. The molecule has 180 valence electrons. The molecule has 0 radical (unpaired) electrons. The molecule has 2 aromatic carbocycles. The fraction of sp³-hybridized carbons (Fsp3) is 0.200. The van der Waals surface area contributed by atoms with Crippen molar-refractivity contribution < 1.29 is 23.8 Å². The Morgan fingerprint density at radius 3 is 2.69 bits per heavy atom. The number of nitrogens with one attached hydrogen (secondary N) is 1. The van der Waals surface area contributed by atoms with Crippen LogP contribution in [0.15, 0.2) is 55.0 Å². The van der Waals surface area contributed by atoms with Gasteiger partial charge in [0.25, 0.3) is 5.91 Å². The number of rotatable bonds is 8. The van der Waals surface area contributed by atoms with E-state index in [9.17, 15) is 14.0 Å². The van der Waals surface area contributed by atoms with E-state index in [1.807, 2.05) is 13.0 Å². The lowest BCUT2D eigenvalue weighted by atomic mass is 10.1. The Morgan fingerprint density at radius 1 is 1.20 bits per heavy atom. The van der Waals surface area contributed by atoms with Gasteiger partial charge >= 0.3 is 5.97 Å². The number of carboxylic acid groups (broad SMARTS) is 1. The summed E-state index contributed by atoms with van der Waals surface area (Å²) in [6.45, 7) is 1.93. The second kappa shape index (κ2) is 9.80. The van der Waals surface area contributed by atoms with Crippen LogP contribution in [0.2, 0.25) is 0 Å². The third kappa shape index (κ3) is 4.91. The van der Waals surface area contributed by atoms with Gasteiger partial charge in [0.15, 0.2) is 23.0 Å². The summed E-state index contributed by atoms with van der Waals surface area (Å²) >= 11 is 0. The number of anilines is 2. The normalized spacial score (nSPS) is 10.9. The summed E-state index contributed by atoms with van der Waals surface area (Å²) in [7, 11) is 2.99. The zero-order valence-electron chi connectivity index (χ0n) is 19.4. The van der Waals surface area contributed by atoms with E-state index in [-0.39, 0.29) is 24.6 Å². The maximum absolute atomic E-state index is 14.2. The number of hydrogen-bond acceptors (Lipinski definition) is 6. The van der Waals surface area contributed by atoms with E-state index in [0.29, 0.717) is 34.0 Å². The van der Waals surface area contributed by atoms with E-state index in [2.05, 4.69) is 15.3 Å². The van der Waals surface area contributed by atoms with E-state index in [1.54, 1.807) is 54.3 Å². The molecule has 2 N–H and O–H groups in total. The number of imidazole rings is 1. The highest BCUT2D eigenvalue weighted by Gasteiger charge is 2.17. The van der Waals surface area contributed by atoms with Crippen LogP contribution in [0.25, 0.3) is 16.9 Å². The van der Waals surface area contributed by atoms with Crippen LogP contribution < -0.4 is 10.1 Å². The molecule has 0 atom stereocenters. The number of aromatic nitrogens is 3. The molecule has 2 aromatic heterocycles. The van der Waals surface area contributed by atoms with Crippen LogP contribution >= 0.6 is 0 Å². The number of nitrogens with zero attached hydrogens (tertiary/aromatic N) is 4. The van der Waals surface area contributed by atoms with Crippen molar-refractivity contribution >= 4 is 29.0 Å². The molecule has 35 heavy (non-hydrogen) atoms. The van der Waals surface area contributed by atoms with E-state index in [0.717, 1.165) is 5.56 Å². The van der Waals surface area contributed by atoms with E-state index in [1.165, 1.54) is 18.1 Å². The fourth-order valence-corrected chi connectivity index (χ4v) is 3.74. The van der Waals surface area contributed by atoms with Gasteiger partial charge in [0.2, 0.25) is 0 Å². The highest BCUT2D eigenvalue weighted by molar-refractivity contribution is 5.96. The Hall–Kier alpha value is -4.47. The number of aliphatic carboxylic acids is 1. The molecule has 2 heterocycles. The zero-order valence-corrected chi connectivity index (χ0v) is 19.4. The molecular weight excluding hydrogens is 453 g/mol. The molecule has 0 bridgehead atoms. The highest BCUT2D eigenvalue weighted by atomic mass is 19.1. The van der Waals surface area contributed by atoms with Crippen molar-refractivity contribution in [3.8, 4) is 17.0 Å². The molecule has 1 amide bonds. The Morgan fingerprint density at radius 2 is 2.00 bits per heavy atom. The molecule has 0 unspecified atom stereocenters. The van der Waals surface area contributed by atoms with Gasteiger partial charge in [-0.2, -0.15) is 0 Å². The number of aryl methyl sites for hydroxylation is 1. The van der Waals surface area contributed by atoms with Crippen LogP contribution in [0.4, 0.5) is 15.9 Å². The maximum Gasteiger partial charge on any atom is 0.305 e. The minimum Gasteiger partial charge on any atom is -0.494 e. The van der Waals surface area contributed by atoms with Crippen molar-refractivity contribution in [1.82, 2.24) is 19.3 Å². The van der Waals surface area contributed by atoms with Gasteiger partial charge < -0.3 is 20.1 Å². The highest BCUT2D eigenvalue weighted by Crippen LogP contribution is 2.28. The SMILES string of the molecule is COc1ccc(-c2cnc3c(Nc4ccc(C(=O)N(C)CCC(=O)O)c(C)c4)nccn23)cc1F. The summed E-state index contributed by atoms with van der Waals surface area (Å²) in [6.07, 6.45) is 4.88. The van der Waals surface area contributed by atoms with Gasteiger partial charge in [-0.15, -0.1) is 0 Å². The quantitative estimate of drug-likeness (QED) is 0.393. The Bertz CT molecular complexity index is 1420. The van der Waals surface area contributed by atoms with Gasteiger partial charge in [0.05, 0.1) is 25.4 Å². The first-order valence-electron chi connectivity index (χ1n) is 10.8. The predicted molar refractivity (Wildman–Crippen MR) is 129 cm³/mol. The monoisotopic (exact) mass is 477 g/mol. The number of halogens is 1. The van der Waals surface area contributed by atoms with Crippen molar-refractivity contribution in [2.24, 2.45) is 0 Å². The van der Waals surface area contributed by atoms with Crippen molar-refractivity contribution in [3.63, 3.8) is 0 Å². The minimum atomic E-state index is -0.957. The number of carboxylic acids is 1. The number of fused-ring (bicyclic) bond motifs is 1. The van der Waals surface area contributed by atoms with Crippen LogP contribution in [0, 0.1) is 12.7 Å². The number of amides is 1. The third-order valence-corrected chi connectivity index (χ3v) is 5.60. The molecule has 0 aliphatic carbocycles. The molecular formula is C25H24FN5O4. The summed E-state index contributed by atoms with van der Waals surface area (Å²) < 4.78 is 21.0. The Labute approximate surface area is 200 Å². The van der Waals surface area contributed by atoms with E-state index in [4.69, 9.17) is 9.84 Å². The number of carbonyl (C=O) groups excluding carboxylic acids is 1. The zero-order chi connectivity index (χ0) is 25.1. The van der Waals surface area contributed by atoms with Gasteiger partial charge in [-0.25, -0.2) is 14.4 Å². The molecule has 0 saturated heterocycles. The van der Waals surface area contributed by atoms with E-state index >= 15 is 0 Å². The molecule has 0 spiro atoms. The first-order valence-corrected chi connectivity index (χ1v) is 10.8. The van der Waals surface area contributed by atoms with Crippen molar-refractivity contribution in [3.05, 3.63) is 71.9 Å². The second-order valence-corrected chi connectivity index (χ2v) is 7.99. The molecule has 9 nitrogen and oxygen atoms in total. The smallest absolute Gasteiger partial charge is 0.305 e. The Balaban J connectivity index is 1.58. The van der Waals surface area contributed by atoms with Gasteiger partial charge in [-0.1, -0.05) is 0 Å². The van der Waals surface area contributed by atoms with Crippen molar-refractivity contribution in [1.29, 1.82) is 0 Å². The van der Waals surface area contributed by atoms with E-state index < -0.39 is 11.8 Å². The largest absolute Gasteiger partial charge is 0.494 e. The van der Waals surface area contributed by atoms with Gasteiger partial charge in [-0.3, -0.25) is 14.0 Å². The molecule has 10 heteroatoms. The number of methoxy groups -OCH3 is 1. The van der Waals surface area contributed by atoms with Crippen LogP contribution in [-0.4, -0.2) is 57.0 Å². The maximum atomic E-state index is 14.2. The van der Waals surface area contributed by atoms with Crippen molar-refractivity contribution in [2.75, 3.05) is 26.0 Å². The summed E-state index contributed by atoms with van der Waals surface area (Å²) in [5.74, 6) is -1.02. The molecule has 0 aliphatic rings. The summed E-state index contributed by atoms with van der Waals surface area (Å²) in [5.41, 5.74) is 3.79. The lowest BCUT2D eigenvalue weighted by Gasteiger charge is -2.18. The Kier molecular flexibility index (Phi) is 6.63. The molecule has 4 rings (SSSR count). The van der Waals surface area contributed by atoms with Gasteiger partial charge in [-0.05, 0) is 48.9 Å². The average Bonchev–Trinajstić information content (AvgIpc) is 3.27. The summed E-state index contributed by atoms with van der Waals surface area (Å²) in [4.78, 5) is 33.7.